The number of anilines is 1. The van der Waals surface area contributed by atoms with Crippen LogP contribution >= 0.6 is 0 Å². The number of rotatable bonds is 1. The Morgan fingerprint density at radius 3 is 2.65 bits per heavy atom. The third-order valence-electron chi connectivity index (χ3n) is 3.85. The average molecular weight is 318 g/mol. The number of fused-ring (bicyclic) bond motifs is 1. The highest BCUT2D eigenvalue weighted by atomic mass is 19.4. The fourth-order valence-electron chi connectivity index (χ4n) is 2.72. The number of nitrogens with zero attached hydrogens (tertiary/aromatic N) is 4. The second-order valence-electron chi connectivity index (χ2n) is 5.48. The summed E-state index contributed by atoms with van der Waals surface area (Å²) in [6.07, 6.45) is -1.47. The van der Waals surface area contributed by atoms with Gasteiger partial charge in [0.2, 0.25) is 0 Å². The third-order valence-corrected chi connectivity index (χ3v) is 3.85. The molecule has 0 aliphatic carbocycles. The Kier molecular flexibility index (Phi) is 3.68. The van der Waals surface area contributed by atoms with Crippen LogP contribution < -0.4 is 4.90 Å². The highest BCUT2D eigenvalue weighted by molar-refractivity contribution is 5.51. The van der Waals surface area contributed by atoms with Crippen molar-refractivity contribution in [3.8, 4) is 6.07 Å². The summed E-state index contributed by atoms with van der Waals surface area (Å²) >= 11 is 0. The maximum atomic E-state index is 12.8. The first-order chi connectivity index (χ1) is 10.9. The molecule has 4 nitrogen and oxygen atoms in total. The Morgan fingerprint density at radius 1 is 1.22 bits per heavy atom. The van der Waals surface area contributed by atoms with E-state index in [0.29, 0.717) is 42.1 Å². The van der Waals surface area contributed by atoms with E-state index in [1.807, 2.05) is 17.9 Å². The molecule has 0 amide bonds. The molecule has 0 fully saturated rings. The van der Waals surface area contributed by atoms with E-state index >= 15 is 0 Å². The molecule has 3 heterocycles. The Bertz CT molecular complexity index is 793. The van der Waals surface area contributed by atoms with E-state index in [4.69, 9.17) is 5.26 Å². The lowest BCUT2D eigenvalue weighted by molar-refractivity contribution is -0.137. The van der Waals surface area contributed by atoms with Crippen LogP contribution in [0.15, 0.2) is 24.5 Å². The monoisotopic (exact) mass is 318 g/mol. The van der Waals surface area contributed by atoms with E-state index in [-0.39, 0.29) is 0 Å². The Labute approximate surface area is 131 Å². The molecule has 3 rings (SSSR count). The van der Waals surface area contributed by atoms with Crippen LogP contribution in [0.3, 0.4) is 0 Å². The van der Waals surface area contributed by atoms with Gasteiger partial charge in [0.05, 0.1) is 11.1 Å². The Morgan fingerprint density at radius 2 is 2.00 bits per heavy atom. The van der Waals surface area contributed by atoms with E-state index in [2.05, 4.69) is 9.97 Å². The van der Waals surface area contributed by atoms with Crippen molar-refractivity contribution in [1.82, 2.24) is 9.97 Å². The predicted molar refractivity (Wildman–Crippen MR) is 77.7 cm³/mol. The molecule has 2 aromatic heterocycles. The molecule has 0 bridgehead atoms. The standard InChI is InChI=1S/C16H13F3N4/c1-10-4-11(6-20)7-22-15(10)23-3-2-14-12(9-23)5-13(8-21-14)16(17,18)19/h4-5,7-8H,2-3,9H2,1H3. The first-order valence-corrected chi connectivity index (χ1v) is 7.05. The number of aryl methyl sites for hydroxylation is 1. The molecule has 23 heavy (non-hydrogen) atoms. The molecular formula is C16H13F3N4. The maximum Gasteiger partial charge on any atom is 0.417 e. The van der Waals surface area contributed by atoms with Gasteiger partial charge < -0.3 is 4.90 Å². The fraction of sp³-hybridized carbons (Fsp3) is 0.312. The van der Waals surface area contributed by atoms with E-state index < -0.39 is 11.7 Å². The molecule has 1 aliphatic heterocycles. The summed E-state index contributed by atoms with van der Waals surface area (Å²) in [5.74, 6) is 0.687. The molecular weight excluding hydrogens is 305 g/mol. The van der Waals surface area contributed by atoms with E-state index in [9.17, 15) is 13.2 Å². The van der Waals surface area contributed by atoms with Gasteiger partial charge in [0.15, 0.2) is 0 Å². The van der Waals surface area contributed by atoms with Crippen molar-refractivity contribution in [1.29, 1.82) is 5.26 Å². The minimum Gasteiger partial charge on any atom is -0.352 e. The van der Waals surface area contributed by atoms with Crippen LogP contribution in [0, 0.1) is 18.3 Å². The van der Waals surface area contributed by atoms with Gasteiger partial charge in [0.1, 0.15) is 11.9 Å². The summed E-state index contributed by atoms with van der Waals surface area (Å²) in [7, 11) is 0. The van der Waals surface area contributed by atoms with Crippen molar-refractivity contribution < 1.29 is 13.2 Å². The highest BCUT2D eigenvalue weighted by Gasteiger charge is 2.32. The molecule has 0 aromatic carbocycles. The Balaban J connectivity index is 1.92. The molecule has 118 valence electrons. The van der Waals surface area contributed by atoms with Gasteiger partial charge in [-0.3, -0.25) is 4.98 Å². The molecule has 0 radical (unpaired) electrons. The van der Waals surface area contributed by atoms with Crippen molar-refractivity contribution in [3.05, 3.63) is 52.5 Å². The van der Waals surface area contributed by atoms with Crippen molar-refractivity contribution in [2.24, 2.45) is 0 Å². The lowest BCUT2D eigenvalue weighted by atomic mass is 10.0. The van der Waals surface area contributed by atoms with Crippen LogP contribution in [-0.4, -0.2) is 16.5 Å². The lowest BCUT2D eigenvalue weighted by Gasteiger charge is -2.30. The van der Waals surface area contributed by atoms with Crippen molar-refractivity contribution in [2.75, 3.05) is 11.4 Å². The van der Waals surface area contributed by atoms with Gasteiger partial charge in [0.25, 0.3) is 0 Å². The number of alkyl halides is 3. The quantitative estimate of drug-likeness (QED) is 0.810. The molecule has 7 heteroatoms. The molecule has 2 aromatic rings. The summed E-state index contributed by atoms with van der Waals surface area (Å²) in [6, 6.07) is 4.91. The van der Waals surface area contributed by atoms with Gasteiger partial charge in [0, 0.05) is 37.6 Å². The summed E-state index contributed by atoms with van der Waals surface area (Å²) in [6.45, 7) is 2.79. The summed E-state index contributed by atoms with van der Waals surface area (Å²) < 4.78 is 38.5. The van der Waals surface area contributed by atoms with Crippen LogP contribution in [0.5, 0.6) is 0 Å². The van der Waals surface area contributed by atoms with Crippen LogP contribution in [-0.2, 0) is 19.1 Å². The number of halogens is 3. The fourth-order valence-corrected chi connectivity index (χ4v) is 2.72. The Hall–Kier alpha value is -2.62. The summed E-state index contributed by atoms with van der Waals surface area (Å²) in [4.78, 5) is 10.1. The minimum atomic E-state index is -4.40. The highest BCUT2D eigenvalue weighted by Crippen LogP contribution is 2.32. The molecule has 0 saturated carbocycles. The molecule has 0 spiro atoms. The predicted octanol–water partition coefficient (Wildman–Crippen LogP) is 3.24. The zero-order chi connectivity index (χ0) is 16.6. The molecule has 1 aliphatic rings. The van der Waals surface area contributed by atoms with Crippen LogP contribution in [0.2, 0.25) is 0 Å². The van der Waals surface area contributed by atoms with Gasteiger partial charge >= 0.3 is 6.18 Å². The van der Waals surface area contributed by atoms with Crippen molar-refractivity contribution in [3.63, 3.8) is 0 Å². The maximum absolute atomic E-state index is 12.8. The topological polar surface area (TPSA) is 52.8 Å². The zero-order valence-corrected chi connectivity index (χ0v) is 12.4. The van der Waals surface area contributed by atoms with Gasteiger partial charge in [-0.25, -0.2) is 4.98 Å². The van der Waals surface area contributed by atoms with Gasteiger partial charge in [-0.2, -0.15) is 18.4 Å². The largest absolute Gasteiger partial charge is 0.417 e. The average Bonchev–Trinajstić information content (AvgIpc) is 2.52. The molecule has 0 unspecified atom stereocenters. The summed E-state index contributed by atoms with van der Waals surface area (Å²) in [5.41, 5.74) is 1.82. The van der Waals surface area contributed by atoms with Crippen LogP contribution in [0.1, 0.15) is 27.9 Å². The first-order valence-electron chi connectivity index (χ1n) is 7.05. The summed E-state index contributed by atoms with van der Waals surface area (Å²) in [5, 5.41) is 8.88. The lowest BCUT2D eigenvalue weighted by Crippen LogP contribution is -2.32. The number of nitriles is 1. The molecule has 0 atom stereocenters. The first kappa shape index (κ1) is 15.3. The molecule has 0 N–H and O–H groups in total. The van der Waals surface area contributed by atoms with Gasteiger partial charge in [-0.1, -0.05) is 0 Å². The number of hydrogen-bond acceptors (Lipinski definition) is 4. The van der Waals surface area contributed by atoms with Gasteiger partial charge in [-0.05, 0) is 30.2 Å². The molecule has 0 saturated heterocycles. The van der Waals surface area contributed by atoms with E-state index in [0.717, 1.165) is 17.8 Å². The number of hydrogen-bond donors (Lipinski definition) is 0. The number of aromatic nitrogens is 2. The van der Waals surface area contributed by atoms with Gasteiger partial charge in [-0.15, -0.1) is 0 Å². The van der Waals surface area contributed by atoms with Crippen molar-refractivity contribution in [2.45, 2.75) is 26.1 Å². The van der Waals surface area contributed by atoms with E-state index in [1.165, 1.54) is 6.20 Å². The smallest absolute Gasteiger partial charge is 0.352 e. The van der Waals surface area contributed by atoms with E-state index in [1.54, 1.807) is 6.07 Å². The zero-order valence-electron chi connectivity index (χ0n) is 12.4. The number of pyridine rings is 2. The third kappa shape index (κ3) is 2.97. The second kappa shape index (κ2) is 5.54. The normalized spacial score (nSPS) is 14.3. The second-order valence-corrected chi connectivity index (χ2v) is 5.48. The minimum absolute atomic E-state index is 0.325. The van der Waals surface area contributed by atoms with Crippen LogP contribution in [0.25, 0.3) is 0 Å². The SMILES string of the molecule is Cc1cc(C#N)cnc1N1CCc2ncc(C(F)(F)F)cc2C1. The van der Waals surface area contributed by atoms with Crippen molar-refractivity contribution >= 4 is 5.82 Å². The van der Waals surface area contributed by atoms with Crippen LogP contribution in [0.4, 0.5) is 19.0 Å².